The summed E-state index contributed by atoms with van der Waals surface area (Å²) >= 11 is 0. The zero-order chi connectivity index (χ0) is 37.2. The lowest BCUT2D eigenvalue weighted by molar-refractivity contribution is -0.142. The van der Waals surface area contributed by atoms with E-state index in [1.807, 2.05) is 54.8 Å². The molecule has 0 amide bonds. The summed E-state index contributed by atoms with van der Waals surface area (Å²) in [5, 5.41) is 5.17. The zero-order valence-electron chi connectivity index (χ0n) is 31.8. The van der Waals surface area contributed by atoms with E-state index in [1.165, 1.54) is 7.11 Å². The van der Waals surface area contributed by atoms with Crippen molar-refractivity contribution < 1.29 is 33.3 Å². The molecule has 0 spiro atoms. The number of aromatic nitrogens is 3. The molecule has 1 fully saturated rings. The Kier molecular flexibility index (Phi) is 10.9. The van der Waals surface area contributed by atoms with Crippen molar-refractivity contribution in [2.45, 2.75) is 111 Å². The van der Waals surface area contributed by atoms with Gasteiger partial charge in [-0.1, -0.05) is 18.2 Å². The van der Waals surface area contributed by atoms with Crippen LogP contribution in [0.3, 0.4) is 0 Å². The molecule has 278 valence electrons. The lowest BCUT2D eigenvalue weighted by Crippen LogP contribution is -2.54. The first kappa shape index (κ1) is 37.3. The van der Waals surface area contributed by atoms with E-state index in [4.69, 9.17) is 33.8 Å². The van der Waals surface area contributed by atoms with Crippen LogP contribution in [0.25, 0.3) is 28.0 Å². The van der Waals surface area contributed by atoms with Crippen LogP contribution in [0.4, 0.5) is 5.82 Å². The largest absolute Gasteiger partial charge is 0.490 e. The second kappa shape index (κ2) is 15.2. The molecule has 52 heavy (non-hydrogen) atoms. The standard InChI is InChI=1S/C41H52N4O7/c1-9-49-37(46)23-31-27(3)42-35-24-33-29-15-12-14-28(21-29)32-22-30(39(47)48-8)16-17-34(32)51-26(2)13-10-11-20-50-41(7)18-19-44(38(31)45(35)43-33)36(25-41)52-40(4,5)6/h12,14-17,21-22,24,26,36H,9-11,13,18-20,23,25H2,1-8H3. The molecular weight excluding hydrogens is 660 g/mol. The summed E-state index contributed by atoms with van der Waals surface area (Å²) in [6.07, 6.45) is 3.69. The Hall–Kier alpha value is -4.48. The summed E-state index contributed by atoms with van der Waals surface area (Å²) in [7, 11) is 1.38. The molecule has 11 nitrogen and oxygen atoms in total. The first-order valence-corrected chi connectivity index (χ1v) is 18.4. The topological polar surface area (TPSA) is 114 Å². The van der Waals surface area contributed by atoms with E-state index in [-0.39, 0.29) is 31.3 Å². The van der Waals surface area contributed by atoms with Crippen LogP contribution in [0.5, 0.6) is 5.75 Å². The molecule has 2 aromatic heterocycles. The molecule has 0 saturated carbocycles. The fourth-order valence-electron chi connectivity index (χ4n) is 7.18. The second-order valence-electron chi connectivity index (χ2n) is 15.1. The number of aryl methyl sites for hydroxylation is 1. The van der Waals surface area contributed by atoms with Gasteiger partial charge in [0.15, 0.2) is 5.65 Å². The molecule has 2 aromatic carbocycles. The number of carbonyl (C=O) groups is 2. The molecule has 1 saturated heterocycles. The molecule has 0 aliphatic carbocycles. The van der Waals surface area contributed by atoms with Crippen LogP contribution in [0.2, 0.25) is 0 Å². The third kappa shape index (κ3) is 8.26. The van der Waals surface area contributed by atoms with Crippen molar-refractivity contribution in [1.29, 1.82) is 0 Å². The molecule has 3 unspecified atom stereocenters. The Balaban J connectivity index is 1.55. The number of piperidine rings is 1. The summed E-state index contributed by atoms with van der Waals surface area (Å²) in [6, 6.07) is 15.4. The third-order valence-electron chi connectivity index (χ3n) is 9.76. The van der Waals surface area contributed by atoms with Crippen LogP contribution in [0.15, 0.2) is 48.5 Å². The molecule has 11 heteroatoms. The van der Waals surface area contributed by atoms with Crippen LogP contribution < -0.4 is 9.64 Å². The Morgan fingerprint density at radius 2 is 1.87 bits per heavy atom. The van der Waals surface area contributed by atoms with Crippen LogP contribution in [-0.4, -0.2) is 76.9 Å². The van der Waals surface area contributed by atoms with Gasteiger partial charge in [0.05, 0.1) is 48.7 Å². The number of anilines is 1. The van der Waals surface area contributed by atoms with Crippen LogP contribution in [0.1, 0.15) is 95.3 Å². The molecule has 5 heterocycles. The number of esters is 2. The van der Waals surface area contributed by atoms with Crippen molar-refractivity contribution >= 4 is 23.4 Å². The molecule has 3 atom stereocenters. The predicted octanol–water partition coefficient (Wildman–Crippen LogP) is 7.73. The summed E-state index contributed by atoms with van der Waals surface area (Å²) in [4.78, 5) is 32.9. The van der Waals surface area contributed by atoms with Crippen molar-refractivity contribution in [3.05, 3.63) is 65.4 Å². The number of benzene rings is 2. The maximum Gasteiger partial charge on any atom is 0.337 e. The number of nitrogens with zero attached hydrogens (tertiary/aromatic N) is 4. The first-order chi connectivity index (χ1) is 24.8. The van der Waals surface area contributed by atoms with Crippen molar-refractivity contribution in [1.82, 2.24) is 14.6 Å². The number of methoxy groups -OCH3 is 1. The van der Waals surface area contributed by atoms with Gasteiger partial charge >= 0.3 is 11.9 Å². The highest BCUT2D eigenvalue weighted by molar-refractivity contribution is 5.92. The maximum absolute atomic E-state index is 13.1. The Bertz CT molecular complexity index is 1930. The maximum atomic E-state index is 13.1. The van der Waals surface area contributed by atoms with Crippen molar-refractivity contribution in [3.8, 4) is 28.1 Å². The Morgan fingerprint density at radius 3 is 2.62 bits per heavy atom. The van der Waals surface area contributed by atoms with Crippen molar-refractivity contribution in [3.63, 3.8) is 0 Å². The van der Waals surface area contributed by atoms with Gasteiger partial charge in [-0.25, -0.2) is 9.78 Å². The van der Waals surface area contributed by atoms with Gasteiger partial charge in [0.25, 0.3) is 0 Å². The minimum absolute atomic E-state index is 0.0485. The minimum atomic E-state index is -0.451. The molecule has 7 rings (SSSR count). The number of carbonyl (C=O) groups excluding carboxylic acids is 2. The zero-order valence-corrected chi connectivity index (χ0v) is 31.8. The van der Waals surface area contributed by atoms with Gasteiger partial charge in [-0.05, 0) is 104 Å². The summed E-state index contributed by atoms with van der Waals surface area (Å²) in [6.45, 7) is 15.7. The molecule has 0 N–H and O–H groups in total. The third-order valence-corrected chi connectivity index (χ3v) is 9.76. The molecule has 6 bridgehead atoms. The van der Waals surface area contributed by atoms with E-state index >= 15 is 0 Å². The summed E-state index contributed by atoms with van der Waals surface area (Å²) in [5.74, 6) is 0.704. The lowest BCUT2D eigenvalue weighted by atomic mass is 9.91. The SMILES string of the molecule is CCOC(=O)Cc1c(C)nc2cc3nn2c1N1CCC(C)(CC1OC(C)(C)C)OCCCCC(C)Oc1ccc(C(=O)OC)cc1-c1cccc-3c1. The Morgan fingerprint density at radius 1 is 1.08 bits per heavy atom. The monoisotopic (exact) mass is 712 g/mol. The van der Waals surface area contributed by atoms with E-state index in [0.717, 1.165) is 59.4 Å². The van der Waals surface area contributed by atoms with Gasteiger partial charge in [0, 0.05) is 48.0 Å². The predicted molar refractivity (Wildman–Crippen MR) is 200 cm³/mol. The second-order valence-corrected chi connectivity index (χ2v) is 15.1. The van der Waals surface area contributed by atoms with Crippen LogP contribution in [-0.2, 0) is 30.2 Å². The van der Waals surface area contributed by atoms with E-state index in [2.05, 4.69) is 45.6 Å². The van der Waals surface area contributed by atoms with Gasteiger partial charge < -0.3 is 28.6 Å². The highest BCUT2D eigenvalue weighted by Gasteiger charge is 2.42. The number of ether oxygens (including phenoxy) is 5. The van der Waals surface area contributed by atoms with Gasteiger partial charge in [0.1, 0.15) is 17.8 Å². The molecule has 4 aromatic rings. The van der Waals surface area contributed by atoms with Crippen molar-refractivity contribution in [2.24, 2.45) is 0 Å². The fourth-order valence-corrected chi connectivity index (χ4v) is 7.18. The van der Waals surface area contributed by atoms with E-state index in [9.17, 15) is 9.59 Å². The molecule has 3 aliphatic heterocycles. The lowest BCUT2D eigenvalue weighted by Gasteiger charge is -2.47. The fraction of sp³-hybridized carbons (Fsp3) is 0.512. The average Bonchev–Trinajstić information content (AvgIpc) is 3.51. The summed E-state index contributed by atoms with van der Waals surface area (Å²) in [5.41, 5.74) is 4.91. The van der Waals surface area contributed by atoms with Gasteiger partial charge in [-0.3, -0.25) is 4.79 Å². The minimum Gasteiger partial charge on any atom is -0.490 e. The van der Waals surface area contributed by atoms with E-state index in [0.29, 0.717) is 42.2 Å². The van der Waals surface area contributed by atoms with Gasteiger partial charge in [0.2, 0.25) is 0 Å². The normalized spacial score (nSPS) is 21.0. The number of fused-ring (bicyclic) bond motifs is 8. The highest BCUT2D eigenvalue weighted by atomic mass is 16.5. The molecule has 0 radical (unpaired) electrons. The quantitative estimate of drug-likeness (QED) is 0.191. The van der Waals surface area contributed by atoms with Crippen molar-refractivity contribution in [2.75, 3.05) is 31.8 Å². The van der Waals surface area contributed by atoms with Crippen LogP contribution in [0, 0.1) is 6.92 Å². The number of hydrogen-bond donors (Lipinski definition) is 0. The van der Waals surface area contributed by atoms with E-state index < -0.39 is 17.2 Å². The van der Waals surface area contributed by atoms with Gasteiger partial charge in [-0.2, -0.15) is 9.61 Å². The summed E-state index contributed by atoms with van der Waals surface area (Å²) < 4.78 is 32.3. The first-order valence-electron chi connectivity index (χ1n) is 18.4. The van der Waals surface area contributed by atoms with Crippen LogP contribution >= 0.6 is 0 Å². The van der Waals surface area contributed by atoms with E-state index in [1.54, 1.807) is 6.07 Å². The molecule has 3 aliphatic rings. The highest BCUT2D eigenvalue weighted by Crippen LogP contribution is 2.40. The molecular formula is C41H52N4O7. The number of rotatable bonds is 5. The smallest absolute Gasteiger partial charge is 0.337 e. The number of hydrogen-bond acceptors (Lipinski definition) is 10. The average molecular weight is 713 g/mol. The van der Waals surface area contributed by atoms with Gasteiger partial charge in [-0.15, -0.1) is 0 Å². The Labute approximate surface area is 306 Å².